The lowest BCUT2D eigenvalue weighted by Gasteiger charge is -2.28. The van der Waals surface area contributed by atoms with Crippen molar-refractivity contribution in [2.24, 2.45) is 11.8 Å². The Balaban J connectivity index is 2.32. The Kier molecular flexibility index (Phi) is 6.98. The van der Waals surface area contributed by atoms with Crippen molar-refractivity contribution >= 4 is 22.8 Å². The van der Waals surface area contributed by atoms with E-state index in [-0.39, 0.29) is 23.1 Å². The topological polar surface area (TPSA) is 95.5 Å². The molecule has 1 fully saturated rings. The van der Waals surface area contributed by atoms with E-state index >= 15 is 0 Å². The van der Waals surface area contributed by atoms with Gasteiger partial charge in [-0.25, -0.2) is 4.79 Å². The Morgan fingerprint density at radius 2 is 1.95 bits per heavy atom. The second-order valence-corrected chi connectivity index (χ2v) is 7.19. The van der Waals surface area contributed by atoms with E-state index in [0.29, 0.717) is 19.5 Å². The largest absolute Gasteiger partial charge is 0.481 e. The fraction of sp³-hybridized carbons (Fsp3) is 0.846. The number of carbonyl (C=O) groups is 2. The molecule has 1 aliphatic rings. The molecule has 116 valence electrons. The summed E-state index contributed by atoms with van der Waals surface area (Å²) in [5.74, 6) is -1.12. The summed E-state index contributed by atoms with van der Waals surface area (Å²) in [6, 6.07) is -0.322. The predicted octanol–water partition coefficient (Wildman–Crippen LogP) is 0.944. The molecule has 2 amide bonds. The minimum atomic E-state index is -0.967. The molecule has 0 aromatic heterocycles. The van der Waals surface area contributed by atoms with Gasteiger partial charge in [-0.3, -0.25) is 9.00 Å². The maximum absolute atomic E-state index is 11.6. The van der Waals surface area contributed by atoms with Gasteiger partial charge in [0.25, 0.3) is 0 Å². The maximum atomic E-state index is 11.6. The van der Waals surface area contributed by atoms with Gasteiger partial charge in [0.05, 0.1) is 5.92 Å². The van der Waals surface area contributed by atoms with Gasteiger partial charge in [-0.15, -0.1) is 0 Å². The number of nitrogens with one attached hydrogen (secondary N) is 2. The van der Waals surface area contributed by atoms with Crippen LogP contribution in [-0.2, 0) is 15.6 Å². The summed E-state index contributed by atoms with van der Waals surface area (Å²) < 4.78 is 11.2. The molecule has 0 radical (unpaired) electrons. The van der Waals surface area contributed by atoms with Crippen molar-refractivity contribution in [3.05, 3.63) is 0 Å². The SMILES string of the molecule is CC(CNC(=O)NCC1CCCCC1C(=O)O)S(C)=O. The van der Waals surface area contributed by atoms with Crippen LogP contribution in [0.4, 0.5) is 4.79 Å². The molecule has 0 aromatic carbocycles. The van der Waals surface area contributed by atoms with E-state index in [9.17, 15) is 13.8 Å². The fourth-order valence-electron chi connectivity index (χ4n) is 2.42. The van der Waals surface area contributed by atoms with E-state index < -0.39 is 16.8 Å². The van der Waals surface area contributed by atoms with Crippen molar-refractivity contribution in [2.75, 3.05) is 19.3 Å². The predicted molar refractivity (Wildman–Crippen MR) is 78.0 cm³/mol. The minimum absolute atomic E-state index is 0.00438. The number of carbonyl (C=O) groups excluding carboxylic acids is 1. The molecule has 0 spiro atoms. The lowest BCUT2D eigenvalue weighted by Crippen LogP contribution is -2.43. The molecule has 0 saturated heterocycles. The van der Waals surface area contributed by atoms with Crippen molar-refractivity contribution in [3.63, 3.8) is 0 Å². The second-order valence-electron chi connectivity index (χ2n) is 5.39. The Bertz CT molecular complexity index is 375. The lowest BCUT2D eigenvalue weighted by molar-refractivity contribution is -0.144. The number of urea groups is 1. The monoisotopic (exact) mass is 304 g/mol. The van der Waals surface area contributed by atoms with Crippen LogP contribution in [0.1, 0.15) is 32.6 Å². The first-order chi connectivity index (χ1) is 9.41. The number of carboxylic acids is 1. The molecule has 0 bridgehead atoms. The zero-order chi connectivity index (χ0) is 15.1. The maximum Gasteiger partial charge on any atom is 0.314 e. The zero-order valence-corrected chi connectivity index (χ0v) is 12.9. The normalized spacial score (nSPS) is 25.5. The molecule has 3 N–H and O–H groups in total. The number of amides is 2. The number of carboxylic acid groups (broad SMARTS) is 1. The highest BCUT2D eigenvalue weighted by molar-refractivity contribution is 7.84. The van der Waals surface area contributed by atoms with E-state index in [1.54, 1.807) is 13.2 Å². The van der Waals surface area contributed by atoms with Crippen LogP contribution in [0.5, 0.6) is 0 Å². The standard InChI is InChI=1S/C13H24N2O4S/c1-9(20(2)19)7-14-13(18)15-8-10-5-3-4-6-11(10)12(16)17/h9-11H,3-8H2,1-2H3,(H,16,17)(H2,14,15,18). The molecule has 1 saturated carbocycles. The molecule has 0 aliphatic heterocycles. The van der Waals surface area contributed by atoms with Crippen LogP contribution in [-0.4, -0.2) is 45.9 Å². The minimum Gasteiger partial charge on any atom is -0.481 e. The van der Waals surface area contributed by atoms with Gasteiger partial charge in [-0.1, -0.05) is 12.8 Å². The summed E-state index contributed by atoms with van der Waals surface area (Å²) >= 11 is 0. The van der Waals surface area contributed by atoms with Crippen LogP contribution in [0.2, 0.25) is 0 Å². The van der Waals surface area contributed by atoms with Crippen LogP contribution >= 0.6 is 0 Å². The van der Waals surface area contributed by atoms with Gasteiger partial charge in [0, 0.05) is 35.4 Å². The number of hydrogen-bond donors (Lipinski definition) is 3. The highest BCUT2D eigenvalue weighted by Crippen LogP contribution is 2.29. The van der Waals surface area contributed by atoms with Crippen molar-refractivity contribution in [1.29, 1.82) is 0 Å². The van der Waals surface area contributed by atoms with E-state index in [1.165, 1.54) is 0 Å². The Labute approximate surface area is 122 Å². The average Bonchev–Trinajstić information content (AvgIpc) is 2.42. The molecule has 0 heterocycles. The van der Waals surface area contributed by atoms with E-state index in [2.05, 4.69) is 10.6 Å². The van der Waals surface area contributed by atoms with Crippen LogP contribution in [0.25, 0.3) is 0 Å². The van der Waals surface area contributed by atoms with E-state index in [0.717, 1.165) is 19.3 Å². The van der Waals surface area contributed by atoms with Crippen LogP contribution in [0.15, 0.2) is 0 Å². The second kappa shape index (κ2) is 8.24. The van der Waals surface area contributed by atoms with E-state index in [4.69, 9.17) is 5.11 Å². The van der Waals surface area contributed by atoms with Crippen molar-refractivity contribution in [1.82, 2.24) is 10.6 Å². The number of hydrogen-bond acceptors (Lipinski definition) is 3. The molecule has 0 aromatic rings. The van der Waals surface area contributed by atoms with Crippen molar-refractivity contribution in [2.45, 2.75) is 37.9 Å². The fourth-order valence-corrected chi connectivity index (χ4v) is 2.74. The Hall–Kier alpha value is -1.11. The third-order valence-electron chi connectivity index (χ3n) is 3.87. The number of rotatable bonds is 6. The molecule has 7 heteroatoms. The first kappa shape index (κ1) is 16.9. The van der Waals surface area contributed by atoms with Gasteiger partial charge < -0.3 is 15.7 Å². The van der Waals surface area contributed by atoms with Gasteiger partial charge >= 0.3 is 12.0 Å². The molecule has 6 nitrogen and oxygen atoms in total. The van der Waals surface area contributed by atoms with Gasteiger partial charge in [0.2, 0.25) is 0 Å². The van der Waals surface area contributed by atoms with Crippen LogP contribution < -0.4 is 10.6 Å². The molecule has 4 unspecified atom stereocenters. The third kappa shape index (κ3) is 5.48. The molecular formula is C13H24N2O4S. The summed E-state index contributed by atoms with van der Waals surface area (Å²) in [4.78, 5) is 22.8. The highest BCUT2D eigenvalue weighted by Gasteiger charge is 2.30. The van der Waals surface area contributed by atoms with Gasteiger partial charge in [0.15, 0.2) is 0 Å². The van der Waals surface area contributed by atoms with Crippen molar-refractivity contribution in [3.8, 4) is 0 Å². The molecular weight excluding hydrogens is 280 g/mol. The van der Waals surface area contributed by atoms with Crippen LogP contribution in [0, 0.1) is 11.8 Å². The first-order valence-electron chi connectivity index (χ1n) is 6.98. The summed E-state index contributed by atoms with van der Waals surface area (Å²) in [5, 5.41) is 14.4. The number of aliphatic carboxylic acids is 1. The Morgan fingerprint density at radius 1 is 1.30 bits per heavy atom. The van der Waals surface area contributed by atoms with E-state index in [1.807, 2.05) is 0 Å². The van der Waals surface area contributed by atoms with Gasteiger partial charge in [0.1, 0.15) is 0 Å². The zero-order valence-electron chi connectivity index (χ0n) is 12.1. The first-order valence-corrected chi connectivity index (χ1v) is 8.60. The Morgan fingerprint density at radius 3 is 2.55 bits per heavy atom. The smallest absolute Gasteiger partial charge is 0.314 e. The lowest BCUT2D eigenvalue weighted by atomic mass is 9.79. The quantitative estimate of drug-likeness (QED) is 0.680. The van der Waals surface area contributed by atoms with Gasteiger partial charge in [-0.05, 0) is 25.7 Å². The van der Waals surface area contributed by atoms with Gasteiger partial charge in [-0.2, -0.15) is 0 Å². The third-order valence-corrected chi connectivity index (χ3v) is 5.17. The summed E-state index contributed by atoms with van der Waals surface area (Å²) in [6.45, 7) is 2.53. The average molecular weight is 304 g/mol. The van der Waals surface area contributed by atoms with Crippen LogP contribution in [0.3, 0.4) is 0 Å². The molecule has 1 aliphatic carbocycles. The highest BCUT2D eigenvalue weighted by atomic mass is 32.2. The van der Waals surface area contributed by atoms with Crippen molar-refractivity contribution < 1.29 is 18.9 Å². The summed E-state index contributed by atoms with van der Waals surface area (Å²) in [7, 11) is -0.967. The summed E-state index contributed by atoms with van der Waals surface area (Å²) in [5.41, 5.74) is 0. The molecule has 4 atom stereocenters. The summed E-state index contributed by atoms with van der Waals surface area (Å²) in [6.07, 6.45) is 5.09. The molecule has 1 rings (SSSR count). The molecule has 20 heavy (non-hydrogen) atoms.